The quantitative estimate of drug-likeness (QED) is 0.584. The van der Waals surface area contributed by atoms with E-state index in [9.17, 15) is 4.79 Å². The van der Waals surface area contributed by atoms with E-state index in [1.165, 1.54) is 6.07 Å². The van der Waals surface area contributed by atoms with Crippen LogP contribution in [0, 0.1) is 0 Å². The summed E-state index contributed by atoms with van der Waals surface area (Å²) in [6.45, 7) is 3.38. The smallest absolute Gasteiger partial charge is 0.249 e. The summed E-state index contributed by atoms with van der Waals surface area (Å²) in [7, 11) is 0. The van der Waals surface area contributed by atoms with Crippen molar-refractivity contribution in [3.8, 4) is 0 Å². The number of piperazine rings is 1. The molecule has 1 fully saturated rings. The van der Waals surface area contributed by atoms with Gasteiger partial charge in [0.15, 0.2) is 0 Å². The molecule has 14 heavy (non-hydrogen) atoms. The molecule has 2 heterocycles. The highest BCUT2D eigenvalue weighted by Gasteiger charge is 2.14. The first-order chi connectivity index (χ1) is 6.75. The molecule has 3 N–H and O–H groups in total. The third-order valence-electron chi connectivity index (χ3n) is 2.41. The van der Waals surface area contributed by atoms with Gasteiger partial charge < -0.3 is 9.88 Å². The lowest BCUT2D eigenvalue weighted by molar-refractivity contribution is 0.265. The second-order valence-electron chi connectivity index (χ2n) is 3.42. The van der Waals surface area contributed by atoms with Crippen LogP contribution >= 0.6 is 0 Å². The monoisotopic (exact) mass is 194 g/mol. The van der Waals surface area contributed by atoms with Crippen LogP contribution in [-0.2, 0) is 0 Å². The summed E-state index contributed by atoms with van der Waals surface area (Å²) in [6.07, 6.45) is 0. The maximum atomic E-state index is 11.1. The van der Waals surface area contributed by atoms with Gasteiger partial charge >= 0.3 is 0 Å². The summed E-state index contributed by atoms with van der Waals surface area (Å²) in [5.41, 5.74) is -0.0577. The number of nitrogens with two attached hydrogens (primary N) is 1. The van der Waals surface area contributed by atoms with Gasteiger partial charge in [0.2, 0.25) is 5.56 Å². The number of H-pyrrole nitrogens is 1. The maximum absolute atomic E-state index is 11.1. The molecule has 0 bridgehead atoms. The zero-order chi connectivity index (χ0) is 9.97. The van der Waals surface area contributed by atoms with Crippen molar-refractivity contribution in [3.63, 3.8) is 0 Å². The van der Waals surface area contributed by atoms with Gasteiger partial charge in [-0.3, -0.25) is 10.6 Å². The maximum Gasteiger partial charge on any atom is 0.249 e. The minimum absolute atomic E-state index is 0.0577. The van der Waals surface area contributed by atoms with E-state index in [2.05, 4.69) is 9.88 Å². The number of nitrogens with one attached hydrogen (secondary N) is 1. The van der Waals surface area contributed by atoms with Crippen molar-refractivity contribution >= 4 is 5.82 Å². The molecule has 2 rings (SSSR count). The van der Waals surface area contributed by atoms with E-state index < -0.39 is 0 Å². The summed E-state index contributed by atoms with van der Waals surface area (Å²) in [5, 5.41) is 1.79. The average Bonchev–Trinajstić information content (AvgIpc) is 2.19. The average molecular weight is 194 g/mol. The van der Waals surface area contributed by atoms with Crippen molar-refractivity contribution in [1.29, 1.82) is 0 Å². The molecule has 1 aromatic heterocycles. The minimum atomic E-state index is -0.0577. The normalized spacial score (nSPS) is 18.5. The van der Waals surface area contributed by atoms with Gasteiger partial charge in [0.1, 0.15) is 5.82 Å². The van der Waals surface area contributed by atoms with Crippen LogP contribution in [-0.4, -0.2) is 36.2 Å². The van der Waals surface area contributed by atoms with E-state index in [0.29, 0.717) is 0 Å². The van der Waals surface area contributed by atoms with Gasteiger partial charge in [-0.05, 0) is 6.07 Å². The Bertz CT molecular complexity index is 354. The lowest BCUT2D eigenvalue weighted by Gasteiger charge is -2.33. The fourth-order valence-corrected chi connectivity index (χ4v) is 1.58. The van der Waals surface area contributed by atoms with Gasteiger partial charge in [0.05, 0.1) is 0 Å². The number of nitrogens with zero attached hydrogens (tertiary/aromatic N) is 2. The second kappa shape index (κ2) is 3.81. The number of anilines is 1. The van der Waals surface area contributed by atoms with E-state index in [0.717, 1.165) is 32.0 Å². The van der Waals surface area contributed by atoms with Crippen LogP contribution in [0.25, 0.3) is 0 Å². The molecule has 1 aliphatic rings. The first-order valence-corrected chi connectivity index (χ1v) is 4.69. The Morgan fingerprint density at radius 2 is 1.93 bits per heavy atom. The molecule has 1 saturated heterocycles. The first-order valence-electron chi connectivity index (χ1n) is 4.69. The fourth-order valence-electron chi connectivity index (χ4n) is 1.58. The Kier molecular flexibility index (Phi) is 2.51. The zero-order valence-corrected chi connectivity index (χ0v) is 7.94. The van der Waals surface area contributed by atoms with E-state index >= 15 is 0 Å². The van der Waals surface area contributed by atoms with Crippen molar-refractivity contribution in [1.82, 2.24) is 9.99 Å². The Morgan fingerprint density at radius 3 is 2.57 bits per heavy atom. The van der Waals surface area contributed by atoms with Gasteiger partial charge in [-0.2, -0.15) is 0 Å². The molecule has 1 aliphatic heterocycles. The number of aromatic amines is 1. The van der Waals surface area contributed by atoms with Crippen LogP contribution in [0.5, 0.6) is 0 Å². The fraction of sp³-hybridized carbons (Fsp3) is 0.444. The summed E-state index contributed by atoms with van der Waals surface area (Å²) in [6, 6.07) is 5.19. The van der Waals surface area contributed by atoms with Crippen molar-refractivity contribution in [2.45, 2.75) is 0 Å². The van der Waals surface area contributed by atoms with Crippen molar-refractivity contribution in [2.75, 3.05) is 31.1 Å². The van der Waals surface area contributed by atoms with Crippen LogP contribution in [0.15, 0.2) is 23.0 Å². The predicted octanol–water partition coefficient (Wildman–Crippen LogP) is -0.629. The lowest BCUT2D eigenvalue weighted by atomic mass is 10.3. The first kappa shape index (κ1) is 9.23. The molecule has 0 amide bonds. The summed E-state index contributed by atoms with van der Waals surface area (Å²) < 4.78 is 0. The topological polar surface area (TPSA) is 65.4 Å². The molecular formula is C9H14N4O. The van der Waals surface area contributed by atoms with Crippen LogP contribution in [0.2, 0.25) is 0 Å². The zero-order valence-electron chi connectivity index (χ0n) is 7.94. The SMILES string of the molecule is NN1CCN(c2cccc(=O)[nH]2)CC1. The van der Waals surface area contributed by atoms with E-state index in [-0.39, 0.29) is 5.56 Å². The summed E-state index contributed by atoms with van der Waals surface area (Å²) in [4.78, 5) is 16.0. The number of hydrogen-bond donors (Lipinski definition) is 2. The number of hydrazine groups is 1. The Hall–Kier alpha value is -1.33. The van der Waals surface area contributed by atoms with Crippen molar-refractivity contribution in [3.05, 3.63) is 28.6 Å². The Morgan fingerprint density at radius 1 is 1.21 bits per heavy atom. The number of aromatic nitrogens is 1. The van der Waals surface area contributed by atoms with E-state index in [1.54, 1.807) is 11.1 Å². The molecule has 1 aromatic rings. The Balaban J connectivity index is 2.12. The predicted molar refractivity (Wildman–Crippen MR) is 55.0 cm³/mol. The van der Waals surface area contributed by atoms with Gasteiger partial charge in [0, 0.05) is 32.2 Å². The molecule has 0 saturated carbocycles. The number of rotatable bonds is 1. The highest BCUT2D eigenvalue weighted by molar-refractivity contribution is 5.38. The highest BCUT2D eigenvalue weighted by Crippen LogP contribution is 2.09. The summed E-state index contributed by atoms with van der Waals surface area (Å²) in [5.74, 6) is 6.52. The molecule has 5 heteroatoms. The van der Waals surface area contributed by atoms with Crippen LogP contribution in [0.4, 0.5) is 5.82 Å². The van der Waals surface area contributed by atoms with E-state index in [1.807, 2.05) is 6.07 Å². The van der Waals surface area contributed by atoms with Crippen LogP contribution in [0.3, 0.4) is 0 Å². The number of pyridine rings is 1. The van der Waals surface area contributed by atoms with Gasteiger partial charge in [0.25, 0.3) is 0 Å². The molecular weight excluding hydrogens is 180 g/mol. The third-order valence-corrected chi connectivity index (χ3v) is 2.41. The van der Waals surface area contributed by atoms with Gasteiger partial charge in [-0.1, -0.05) is 6.07 Å². The largest absolute Gasteiger partial charge is 0.355 e. The van der Waals surface area contributed by atoms with Gasteiger partial charge in [-0.15, -0.1) is 0 Å². The summed E-state index contributed by atoms with van der Waals surface area (Å²) >= 11 is 0. The molecule has 76 valence electrons. The second-order valence-corrected chi connectivity index (χ2v) is 3.42. The molecule has 0 aliphatic carbocycles. The third kappa shape index (κ3) is 1.94. The van der Waals surface area contributed by atoms with Crippen molar-refractivity contribution < 1.29 is 0 Å². The van der Waals surface area contributed by atoms with Crippen LogP contribution < -0.4 is 16.3 Å². The number of hydrogen-bond acceptors (Lipinski definition) is 4. The molecule has 0 atom stereocenters. The molecule has 0 spiro atoms. The molecule has 5 nitrogen and oxygen atoms in total. The van der Waals surface area contributed by atoms with Gasteiger partial charge in [-0.25, -0.2) is 5.01 Å². The minimum Gasteiger partial charge on any atom is -0.355 e. The van der Waals surface area contributed by atoms with Crippen molar-refractivity contribution in [2.24, 2.45) is 5.84 Å². The molecule has 0 radical (unpaired) electrons. The van der Waals surface area contributed by atoms with E-state index in [4.69, 9.17) is 5.84 Å². The standard InChI is InChI=1S/C9H14N4O/c10-13-6-4-12(5-7-13)8-2-1-3-9(14)11-8/h1-3H,4-7,10H2,(H,11,14). The van der Waals surface area contributed by atoms with Crippen LogP contribution in [0.1, 0.15) is 0 Å². The Labute approximate surface area is 82.1 Å². The molecule has 0 unspecified atom stereocenters. The lowest BCUT2D eigenvalue weighted by Crippen LogP contribution is -2.49. The highest BCUT2D eigenvalue weighted by atomic mass is 16.1. The molecule has 0 aromatic carbocycles.